The van der Waals surface area contributed by atoms with E-state index in [9.17, 15) is 4.79 Å². The molecule has 2 aromatic rings. The van der Waals surface area contributed by atoms with E-state index in [2.05, 4.69) is 15.4 Å². The highest BCUT2D eigenvalue weighted by Crippen LogP contribution is 2.36. The zero-order valence-corrected chi connectivity index (χ0v) is 11.1. The molecule has 1 aliphatic rings. The molecule has 5 nitrogen and oxygen atoms in total. The van der Waals surface area contributed by atoms with Crippen LogP contribution in [0.15, 0.2) is 11.7 Å². The number of aromatic nitrogens is 3. The Hall–Kier alpha value is -1.43. The number of nitrogens with zero attached hydrogens (tertiary/aromatic N) is 3. The van der Waals surface area contributed by atoms with Crippen molar-refractivity contribution in [3.63, 3.8) is 0 Å². The van der Waals surface area contributed by atoms with Gasteiger partial charge in [0.25, 0.3) is 0 Å². The van der Waals surface area contributed by atoms with E-state index in [0.29, 0.717) is 12.5 Å². The zero-order valence-electron chi connectivity index (χ0n) is 10.3. The summed E-state index contributed by atoms with van der Waals surface area (Å²) in [6.07, 6.45) is 4.77. The number of rotatable bonds is 5. The molecule has 2 aromatic heterocycles. The summed E-state index contributed by atoms with van der Waals surface area (Å²) < 4.78 is 1.83. The predicted molar refractivity (Wildman–Crippen MR) is 69.5 cm³/mol. The van der Waals surface area contributed by atoms with Gasteiger partial charge in [-0.1, -0.05) is 6.92 Å². The van der Waals surface area contributed by atoms with E-state index in [1.54, 1.807) is 17.7 Å². The lowest BCUT2D eigenvalue weighted by atomic mass is 10.1. The Morgan fingerprint density at radius 1 is 1.67 bits per heavy atom. The van der Waals surface area contributed by atoms with E-state index < -0.39 is 0 Å². The number of hydrogen-bond acceptors (Lipinski definition) is 4. The van der Waals surface area contributed by atoms with Gasteiger partial charge in [0.1, 0.15) is 6.33 Å². The fourth-order valence-corrected chi connectivity index (χ4v) is 2.96. The van der Waals surface area contributed by atoms with E-state index in [1.165, 1.54) is 12.8 Å². The van der Waals surface area contributed by atoms with E-state index >= 15 is 0 Å². The lowest BCUT2D eigenvalue weighted by Gasteiger charge is -2.10. The summed E-state index contributed by atoms with van der Waals surface area (Å²) in [5, 5.41) is 9.20. The van der Waals surface area contributed by atoms with E-state index in [1.807, 2.05) is 16.8 Å². The monoisotopic (exact) mass is 264 g/mol. The van der Waals surface area contributed by atoms with Gasteiger partial charge in [0, 0.05) is 24.3 Å². The molecule has 1 aliphatic carbocycles. The van der Waals surface area contributed by atoms with Crippen LogP contribution in [0.1, 0.15) is 25.5 Å². The number of fused-ring (bicyclic) bond motifs is 1. The van der Waals surface area contributed by atoms with E-state index in [0.717, 1.165) is 17.1 Å². The highest BCUT2D eigenvalue weighted by atomic mass is 32.1. The molecular formula is C12H16N4OS. The normalized spacial score (nSPS) is 16.9. The lowest BCUT2D eigenvalue weighted by Crippen LogP contribution is -2.32. The Morgan fingerprint density at radius 3 is 3.28 bits per heavy atom. The number of amides is 1. The predicted octanol–water partition coefficient (Wildman–Crippen LogP) is 1.50. The fraction of sp³-hybridized carbons (Fsp3) is 0.583. The standard InChI is InChI=1S/C12H16N4OS/c1-8(9-2-3-9)11(17)13-5-4-10-6-18-12-14-7-15-16(10)12/h6-9H,2-5H2,1H3,(H,13,17). The third-order valence-corrected chi connectivity index (χ3v) is 4.39. The maximum atomic E-state index is 11.8. The van der Waals surface area contributed by atoms with Crippen LogP contribution in [0.4, 0.5) is 0 Å². The van der Waals surface area contributed by atoms with Gasteiger partial charge < -0.3 is 5.32 Å². The van der Waals surface area contributed by atoms with Crippen LogP contribution in [-0.4, -0.2) is 27.0 Å². The Labute approximate surface area is 109 Å². The van der Waals surface area contributed by atoms with E-state index in [-0.39, 0.29) is 11.8 Å². The second-order valence-corrected chi connectivity index (χ2v) is 5.69. The number of carbonyl (C=O) groups is 1. The summed E-state index contributed by atoms with van der Waals surface area (Å²) in [5.41, 5.74) is 1.10. The van der Waals surface area contributed by atoms with Crippen molar-refractivity contribution in [1.82, 2.24) is 19.9 Å². The lowest BCUT2D eigenvalue weighted by molar-refractivity contribution is -0.125. The van der Waals surface area contributed by atoms with Crippen LogP contribution in [0.5, 0.6) is 0 Å². The minimum absolute atomic E-state index is 0.166. The van der Waals surface area contributed by atoms with Crippen LogP contribution in [-0.2, 0) is 11.2 Å². The summed E-state index contributed by atoms with van der Waals surface area (Å²) in [6.45, 7) is 2.69. The van der Waals surface area contributed by atoms with Crippen molar-refractivity contribution in [1.29, 1.82) is 0 Å². The van der Waals surface area contributed by atoms with Gasteiger partial charge in [-0.15, -0.1) is 11.3 Å². The molecule has 0 saturated heterocycles. The van der Waals surface area contributed by atoms with Crippen molar-refractivity contribution in [2.24, 2.45) is 11.8 Å². The molecule has 1 amide bonds. The molecule has 1 N–H and O–H groups in total. The maximum Gasteiger partial charge on any atom is 0.223 e. The number of carbonyl (C=O) groups excluding carboxylic acids is 1. The fourth-order valence-electron chi connectivity index (χ4n) is 2.13. The summed E-state index contributed by atoms with van der Waals surface area (Å²) in [5.74, 6) is 0.967. The minimum atomic E-state index is 0.166. The van der Waals surface area contributed by atoms with Gasteiger partial charge in [0.15, 0.2) is 0 Å². The highest BCUT2D eigenvalue weighted by molar-refractivity contribution is 7.15. The molecule has 1 unspecified atom stereocenters. The van der Waals surface area contributed by atoms with Crippen LogP contribution in [0, 0.1) is 11.8 Å². The van der Waals surface area contributed by atoms with Crippen LogP contribution in [0.2, 0.25) is 0 Å². The number of hydrogen-bond donors (Lipinski definition) is 1. The van der Waals surface area contributed by atoms with Crippen molar-refractivity contribution < 1.29 is 4.79 Å². The van der Waals surface area contributed by atoms with Crippen molar-refractivity contribution in [2.45, 2.75) is 26.2 Å². The maximum absolute atomic E-state index is 11.8. The molecule has 96 valence electrons. The summed E-state index contributed by atoms with van der Waals surface area (Å²) in [6, 6.07) is 0. The topological polar surface area (TPSA) is 59.3 Å². The molecular weight excluding hydrogens is 248 g/mol. The average Bonchev–Trinajstić information content (AvgIpc) is 2.99. The Kier molecular flexibility index (Phi) is 3.03. The first-order chi connectivity index (χ1) is 8.75. The molecule has 6 heteroatoms. The molecule has 0 aromatic carbocycles. The van der Waals surface area contributed by atoms with Gasteiger partial charge in [-0.05, 0) is 18.8 Å². The molecule has 1 fully saturated rings. The van der Waals surface area contributed by atoms with Gasteiger partial charge >= 0.3 is 0 Å². The molecule has 0 bridgehead atoms. The van der Waals surface area contributed by atoms with Crippen LogP contribution in [0.25, 0.3) is 4.96 Å². The van der Waals surface area contributed by atoms with Crippen LogP contribution >= 0.6 is 11.3 Å². The zero-order chi connectivity index (χ0) is 12.5. The van der Waals surface area contributed by atoms with E-state index in [4.69, 9.17) is 0 Å². The summed E-state index contributed by atoms with van der Waals surface area (Å²) in [7, 11) is 0. The van der Waals surface area contributed by atoms with Gasteiger partial charge in [-0.2, -0.15) is 5.10 Å². The molecule has 3 rings (SSSR count). The van der Waals surface area contributed by atoms with Crippen LogP contribution < -0.4 is 5.32 Å². The summed E-state index contributed by atoms with van der Waals surface area (Å²) in [4.78, 5) is 16.9. The number of thiazole rings is 1. The molecule has 18 heavy (non-hydrogen) atoms. The van der Waals surface area contributed by atoms with Crippen molar-refractivity contribution in [2.75, 3.05) is 6.54 Å². The highest BCUT2D eigenvalue weighted by Gasteiger charge is 2.32. The van der Waals surface area contributed by atoms with Gasteiger partial charge in [-0.25, -0.2) is 9.50 Å². The minimum Gasteiger partial charge on any atom is -0.355 e. The molecule has 2 heterocycles. The second kappa shape index (κ2) is 4.68. The smallest absolute Gasteiger partial charge is 0.223 e. The SMILES string of the molecule is CC(C(=O)NCCc1csc2ncnn12)C1CC1. The summed E-state index contributed by atoms with van der Waals surface area (Å²) >= 11 is 1.58. The third-order valence-electron chi connectivity index (χ3n) is 3.51. The van der Waals surface area contributed by atoms with Crippen molar-refractivity contribution in [3.8, 4) is 0 Å². The first-order valence-corrected chi connectivity index (χ1v) is 7.17. The number of nitrogens with one attached hydrogen (secondary N) is 1. The molecule has 0 radical (unpaired) electrons. The molecule has 1 saturated carbocycles. The van der Waals surface area contributed by atoms with Crippen molar-refractivity contribution in [3.05, 3.63) is 17.4 Å². The Bertz CT molecular complexity index is 557. The third kappa shape index (κ3) is 2.25. The van der Waals surface area contributed by atoms with Gasteiger partial charge in [-0.3, -0.25) is 4.79 Å². The average molecular weight is 264 g/mol. The van der Waals surface area contributed by atoms with Crippen LogP contribution in [0.3, 0.4) is 0 Å². The molecule has 1 atom stereocenters. The first-order valence-electron chi connectivity index (χ1n) is 6.29. The van der Waals surface area contributed by atoms with Gasteiger partial charge in [0.05, 0.1) is 5.69 Å². The Morgan fingerprint density at radius 2 is 2.50 bits per heavy atom. The second-order valence-electron chi connectivity index (χ2n) is 4.85. The van der Waals surface area contributed by atoms with Crippen molar-refractivity contribution >= 4 is 22.2 Å². The quantitative estimate of drug-likeness (QED) is 0.890. The van der Waals surface area contributed by atoms with Gasteiger partial charge in [0.2, 0.25) is 10.9 Å². The largest absolute Gasteiger partial charge is 0.355 e. The molecule has 0 spiro atoms. The molecule has 0 aliphatic heterocycles. The Balaban J connectivity index is 1.52. The first kappa shape index (κ1) is 11.6.